The molecule has 1 aliphatic heterocycles. The van der Waals surface area contributed by atoms with Gasteiger partial charge in [-0.3, -0.25) is 4.79 Å². The fraction of sp³-hybridized carbons (Fsp3) is 0.208. The number of aromatic hydroxyl groups is 1. The molecule has 1 aliphatic rings. The smallest absolute Gasteiger partial charge is 0.309 e. The Balaban J connectivity index is 1.74. The first-order valence-electron chi connectivity index (χ1n) is 9.32. The largest absolute Gasteiger partial charge is 0.508 e. The highest BCUT2D eigenvalue weighted by molar-refractivity contribution is 5.72. The van der Waals surface area contributed by atoms with E-state index in [0.29, 0.717) is 6.61 Å². The zero-order chi connectivity index (χ0) is 19.5. The molecule has 0 radical (unpaired) electrons. The summed E-state index contributed by atoms with van der Waals surface area (Å²) in [5.41, 5.74) is 4.34. The van der Waals surface area contributed by atoms with Crippen LogP contribution in [-0.4, -0.2) is 24.8 Å². The lowest BCUT2D eigenvalue weighted by Crippen LogP contribution is -2.25. The Labute approximate surface area is 164 Å². The van der Waals surface area contributed by atoms with Crippen molar-refractivity contribution in [2.75, 3.05) is 13.7 Å². The third-order valence-corrected chi connectivity index (χ3v) is 5.30. The van der Waals surface area contributed by atoms with Crippen LogP contribution in [0, 0.1) is 0 Å². The van der Waals surface area contributed by atoms with Gasteiger partial charge in [0.1, 0.15) is 11.5 Å². The maximum atomic E-state index is 11.5. The number of carbonyl (C=O) groups excluding carboxylic acids is 1. The molecule has 0 fully saturated rings. The fourth-order valence-corrected chi connectivity index (χ4v) is 3.88. The van der Waals surface area contributed by atoms with Gasteiger partial charge in [-0.15, -0.1) is 0 Å². The number of carbonyl (C=O) groups is 1. The summed E-state index contributed by atoms with van der Waals surface area (Å²) in [6.07, 6.45) is 0.261. The molecule has 0 amide bonds. The van der Waals surface area contributed by atoms with Crippen LogP contribution in [0.1, 0.15) is 34.1 Å². The molecule has 142 valence electrons. The van der Waals surface area contributed by atoms with Gasteiger partial charge in [-0.25, -0.2) is 0 Å². The lowest BCUT2D eigenvalue weighted by molar-refractivity contribution is -0.139. The van der Waals surface area contributed by atoms with Crippen molar-refractivity contribution in [2.24, 2.45) is 0 Å². The summed E-state index contributed by atoms with van der Waals surface area (Å²) in [5, 5.41) is 9.85. The van der Waals surface area contributed by atoms with Gasteiger partial charge in [0.25, 0.3) is 0 Å². The lowest BCUT2D eigenvalue weighted by atomic mass is 9.75. The zero-order valence-corrected chi connectivity index (χ0v) is 15.7. The molecule has 4 heteroatoms. The second-order valence-corrected chi connectivity index (χ2v) is 7.02. The van der Waals surface area contributed by atoms with Gasteiger partial charge < -0.3 is 14.6 Å². The summed E-state index contributed by atoms with van der Waals surface area (Å²) >= 11 is 0. The van der Waals surface area contributed by atoms with E-state index < -0.39 is 0 Å². The number of phenols is 1. The number of benzene rings is 3. The molecule has 3 aromatic rings. The zero-order valence-electron chi connectivity index (χ0n) is 15.7. The molecule has 1 N–H and O–H groups in total. The van der Waals surface area contributed by atoms with Gasteiger partial charge in [0.05, 0.1) is 20.1 Å². The van der Waals surface area contributed by atoms with Gasteiger partial charge in [0, 0.05) is 23.5 Å². The van der Waals surface area contributed by atoms with E-state index in [1.54, 1.807) is 12.1 Å². The SMILES string of the molecule is COC(=O)Cc1ccc([C@H]2c3ccc(O)cc3OC[C@H]2c2ccccc2)cc1. The van der Waals surface area contributed by atoms with E-state index in [-0.39, 0.29) is 30.0 Å². The third-order valence-electron chi connectivity index (χ3n) is 5.30. The Morgan fingerprint density at radius 3 is 2.50 bits per heavy atom. The van der Waals surface area contributed by atoms with E-state index in [0.717, 1.165) is 22.4 Å². The molecule has 4 nitrogen and oxygen atoms in total. The Kier molecular flexibility index (Phi) is 5.02. The maximum absolute atomic E-state index is 11.5. The second-order valence-electron chi connectivity index (χ2n) is 7.02. The highest BCUT2D eigenvalue weighted by Gasteiger charge is 2.33. The van der Waals surface area contributed by atoms with Crippen LogP contribution in [0.4, 0.5) is 0 Å². The predicted molar refractivity (Wildman–Crippen MR) is 107 cm³/mol. The van der Waals surface area contributed by atoms with Crippen molar-refractivity contribution in [1.82, 2.24) is 0 Å². The van der Waals surface area contributed by atoms with E-state index in [9.17, 15) is 9.90 Å². The van der Waals surface area contributed by atoms with Gasteiger partial charge in [-0.2, -0.15) is 0 Å². The molecule has 3 aromatic carbocycles. The molecule has 4 rings (SSSR count). The van der Waals surface area contributed by atoms with Crippen LogP contribution < -0.4 is 4.74 Å². The number of hydrogen-bond donors (Lipinski definition) is 1. The van der Waals surface area contributed by atoms with Crippen LogP contribution >= 0.6 is 0 Å². The quantitative estimate of drug-likeness (QED) is 0.687. The molecule has 0 saturated carbocycles. The second kappa shape index (κ2) is 7.77. The van der Waals surface area contributed by atoms with Crippen molar-refractivity contribution in [3.8, 4) is 11.5 Å². The van der Waals surface area contributed by atoms with Crippen molar-refractivity contribution in [3.05, 3.63) is 95.1 Å². The first kappa shape index (κ1) is 18.1. The summed E-state index contributed by atoms with van der Waals surface area (Å²) in [5.74, 6) is 0.922. The van der Waals surface area contributed by atoms with Crippen molar-refractivity contribution in [3.63, 3.8) is 0 Å². The minimum absolute atomic E-state index is 0.0962. The summed E-state index contributed by atoms with van der Waals surface area (Å²) in [4.78, 5) is 11.5. The highest BCUT2D eigenvalue weighted by atomic mass is 16.5. The van der Waals surface area contributed by atoms with Crippen LogP contribution in [0.5, 0.6) is 11.5 Å². The minimum atomic E-state index is -0.248. The molecular formula is C24H22O4. The van der Waals surface area contributed by atoms with Gasteiger partial charge >= 0.3 is 5.97 Å². The minimum Gasteiger partial charge on any atom is -0.508 e. The van der Waals surface area contributed by atoms with Crippen molar-refractivity contribution in [2.45, 2.75) is 18.3 Å². The van der Waals surface area contributed by atoms with Crippen LogP contribution in [0.3, 0.4) is 0 Å². The van der Waals surface area contributed by atoms with Crippen LogP contribution in [0.2, 0.25) is 0 Å². The number of ether oxygens (including phenoxy) is 2. The van der Waals surface area contributed by atoms with Crippen LogP contribution in [0.25, 0.3) is 0 Å². The monoisotopic (exact) mass is 374 g/mol. The summed E-state index contributed by atoms with van der Waals surface area (Å²) in [6, 6.07) is 23.7. The normalized spacial score (nSPS) is 18.0. The predicted octanol–water partition coefficient (Wildman–Crippen LogP) is 4.42. The highest BCUT2D eigenvalue weighted by Crippen LogP contribution is 2.46. The van der Waals surface area contributed by atoms with Crippen molar-refractivity contribution < 1.29 is 19.4 Å². The number of hydrogen-bond acceptors (Lipinski definition) is 4. The van der Waals surface area contributed by atoms with E-state index >= 15 is 0 Å². The molecule has 28 heavy (non-hydrogen) atoms. The molecule has 2 atom stereocenters. The lowest BCUT2D eigenvalue weighted by Gasteiger charge is -2.34. The van der Waals surface area contributed by atoms with E-state index in [4.69, 9.17) is 9.47 Å². The standard InChI is InChI=1S/C24H22O4/c1-27-23(26)13-16-7-9-18(10-8-16)24-20-12-11-19(25)14-22(20)28-15-21(24)17-5-3-2-4-6-17/h2-12,14,21,24-25H,13,15H2,1H3/t21-,24-/m0/s1. The summed E-state index contributed by atoms with van der Waals surface area (Å²) in [6.45, 7) is 0.537. The van der Waals surface area contributed by atoms with Crippen LogP contribution in [0.15, 0.2) is 72.8 Å². The molecule has 0 bridgehead atoms. The van der Waals surface area contributed by atoms with Gasteiger partial charge in [-0.1, -0.05) is 60.7 Å². The Morgan fingerprint density at radius 1 is 1.04 bits per heavy atom. The number of rotatable bonds is 4. The van der Waals surface area contributed by atoms with Crippen molar-refractivity contribution >= 4 is 5.97 Å². The van der Waals surface area contributed by atoms with Crippen LogP contribution in [-0.2, 0) is 16.0 Å². The maximum Gasteiger partial charge on any atom is 0.309 e. The molecule has 0 aromatic heterocycles. The van der Waals surface area contributed by atoms with Gasteiger partial charge in [0.15, 0.2) is 0 Å². The Bertz CT molecular complexity index is 964. The van der Waals surface area contributed by atoms with E-state index in [1.807, 2.05) is 36.4 Å². The Morgan fingerprint density at radius 2 is 1.79 bits per heavy atom. The summed E-state index contributed by atoms with van der Waals surface area (Å²) < 4.78 is 10.7. The molecule has 0 aliphatic carbocycles. The number of methoxy groups -OCH3 is 1. The first-order valence-corrected chi connectivity index (χ1v) is 9.32. The molecule has 0 saturated heterocycles. The first-order chi connectivity index (χ1) is 13.7. The Hall–Kier alpha value is -3.27. The topological polar surface area (TPSA) is 55.8 Å². The number of fused-ring (bicyclic) bond motifs is 1. The fourth-order valence-electron chi connectivity index (χ4n) is 3.88. The van der Waals surface area contributed by atoms with E-state index in [1.165, 1.54) is 12.7 Å². The molecule has 0 spiro atoms. The van der Waals surface area contributed by atoms with Gasteiger partial charge in [-0.05, 0) is 22.8 Å². The number of phenolic OH excluding ortho intramolecular Hbond substituents is 1. The van der Waals surface area contributed by atoms with E-state index in [2.05, 4.69) is 24.3 Å². The third kappa shape index (κ3) is 3.58. The summed E-state index contributed by atoms with van der Waals surface area (Å²) in [7, 11) is 1.40. The average Bonchev–Trinajstić information content (AvgIpc) is 2.74. The molecular weight excluding hydrogens is 352 g/mol. The molecule has 0 unspecified atom stereocenters. The van der Waals surface area contributed by atoms with Crippen molar-refractivity contribution in [1.29, 1.82) is 0 Å². The average molecular weight is 374 g/mol. The molecule has 1 heterocycles. The number of esters is 1. The van der Waals surface area contributed by atoms with Gasteiger partial charge in [0.2, 0.25) is 0 Å².